The van der Waals surface area contributed by atoms with E-state index in [-0.39, 0.29) is 11.8 Å². The van der Waals surface area contributed by atoms with Gasteiger partial charge in [0.15, 0.2) is 0 Å². The summed E-state index contributed by atoms with van der Waals surface area (Å²) in [7, 11) is 0. The Morgan fingerprint density at radius 2 is 2.29 bits per heavy atom. The summed E-state index contributed by atoms with van der Waals surface area (Å²) in [5.41, 5.74) is 6.85. The number of allylic oxidation sites excluding steroid dienone is 5. The van der Waals surface area contributed by atoms with Crippen LogP contribution in [0.2, 0.25) is 0 Å². The predicted molar refractivity (Wildman–Crippen MR) is 55.6 cm³/mol. The summed E-state index contributed by atoms with van der Waals surface area (Å²) in [4.78, 5) is 15.1. The lowest BCUT2D eigenvalue weighted by Crippen LogP contribution is -2.34. The van der Waals surface area contributed by atoms with Gasteiger partial charge < -0.3 is 5.73 Å². The number of fused-ring (bicyclic) bond motifs is 1. The molecule has 0 aromatic rings. The molecule has 2 atom stereocenters. The molecule has 0 bridgehead atoms. The summed E-state index contributed by atoms with van der Waals surface area (Å²) < 4.78 is 0. The number of amides is 1. The minimum absolute atomic E-state index is 0.0775. The molecule has 3 nitrogen and oxygen atoms in total. The number of hydrogen-bond donors (Lipinski definition) is 1. The van der Waals surface area contributed by atoms with Crippen LogP contribution < -0.4 is 5.73 Å². The molecule has 2 unspecified atom stereocenters. The molecule has 0 spiro atoms. The van der Waals surface area contributed by atoms with Gasteiger partial charge in [-0.1, -0.05) is 31.2 Å². The Balaban J connectivity index is 2.39. The zero-order valence-electron chi connectivity index (χ0n) is 7.97. The van der Waals surface area contributed by atoms with Gasteiger partial charge in [-0.15, -0.1) is 0 Å². The predicted octanol–water partition coefficient (Wildman–Crippen LogP) is 1.19. The standard InChI is InChI=1S/C11H12N2O/c1-7-9-5-3-2-4-8(9)6-13-10(7)11(12)14/h2-7,9H,1H3,(H2,12,14). The third-order valence-electron chi connectivity index (χ3n) is 2.68. The second-order valence-electron chi connectivity index (χ2n) is 3.57. The van der Waals surface area contributed by atoms with E-state index in [0.717, 1.165) is 5.57 Å². The van der Waals surface area contributed by atoms with E-state index in [1.807, 2.05) is 25.2 Å². The maximum atomic E-state index is 11.1. The molecule has 0 aromatic heterocycles. The van der Waals surface area contributed by atoms with Crippen LogP contribution >= 0.6 is 0 Å². The van der Waals surface area contributed by atoms with Crippen LogP contribution in [0.3, 0.4) is 0 Å². The Morgan fingerprint density at radius 3 is 3.00 bits per heavy atom. The fraction of sp³-hybridized carbons (Fsp3) is 0.273. The number of nitrogens with zero attached hydrogens (tertiary/aromatic N) is 1. The number of carbonyl (C=O) groups excluding carboxylic acids is 1. The molecule has 72 valence electrons. The molecule has 2 aliphatic rings. The van der Waals surface area contributed by atoms with Crippen LogP contribution in [0.5, 0.6) is 0 Å². The van der Waals surface area contributed by atoms with Crippen LogP contribution in [0.1, 0.15) is 6.92 Å². The zero-order valence-corrected chi connectivity index (χ0v) is 7.97. The van der Waals surface area contributed by atoms with Gasteiger partial charge in [-0.2, -0.15) is 0 Å². The Morgan fingerprint density at radius 1 is 1.50 bits per heavy atom. The summed E-state index contributed by atoms with van der Waals surface area (Å²) in [6, 6.07) is 0. The first kappa shape index (κ1) is 8.94. The van der Waals surface area contributed by atoms with Gasteiger partial charge in [-0.05, 0) is 5.57 Å². The van der Waals surface area contributed by atoms with Crippen molar-refractivity contribution in [3.63, 3.8) is 0 Å². The van der Waals surface area contributed by atoms with E-state index < -0.39 is 5.91 Å². The van der Waals surface area contributed by atoms with Crippen molar-refractivity contribution in [1.29, 1.82) is 0 Å². The van der Waals surface area contributed by atoms with E-state index in [1.165, 1.54) is 0 Å². The molecule has 3 heteroatoms. The summed E-state index contributed by atoms with van der Waals surface area (Å²) in [6.45, 7) is 1.98. The Bertz CT molecular complexity index is 388. The average molecular weight is 188 g/mol. The van der Waals surface area contributed by atoms with E-state index in [0.29, 0.717) is 5.71 Å². The lowest BCUT2D eigenvalue weighted by molar-refractivity contribution is -0.112. The van der Waals surface area contributed by atoms with Crippen molar-refractivity contribution >= 4 is 11.6 Å². The molecule has 0 radical (unpaired) electrons. The maximum absolute atomic E-state index is 11.1. The second kappa shape index (κ2) is 3.25. The van der Waals surface area contributed by atoms with E-state index in [9.17, 15) is 4.79 Å². The highest BCUT2D eigenvalue weighted by Crippen LogP contribution is 2.30. The Kier molecular flexibility index (Phi) is 2.08. The van der Waals surface area contributed by atoms with Crippen LogP contribution in [-0.4, -0.2) is 11.6 Å². The van der Waals surface area contributed by atoms with Crippen molar-refractivity contribution in [2.45, 2.75) is 6.92 Å². The third kappa shape index (κ3) is 1.31. The van der Waals surface area contributed by atoms with Crippen LogP contribution in [0.4, 0.5) is 0 Å². The molecular weight excluding hydrogens is 176 g/mol. The molecule has 0 fully saturated rings. The summed E-state index contributed by atoms with van der Waals surface area (Å²) in [5, 5.41) is 0. The number of carbonyl (C=O) groups is 1. The van der Waals surface area contributed by atoms with Crippen molar-refractivity contribution in [3.05, 3.63) is 36.1 Å². The quantitative estimate of drug-likeness (QED) is 0.660. The maximum Gasteiger partial charge on any atom is 0.263 e. The van der Waals surface area contributed by atoms with Gasteiger partial charge >= 0.3 is 0 Å². The van der Waals surface area contributed by atoms with E-state index in [1.54, 1.807) is 6.20 Å². The molecule has 0 saturated carbocycles. The lowest BCUT2D eigenvalue weighted by atomic mass is 9.80. The van der Waals surface area contributed by atoms with Gasteiger partial charge in [0.25, 0.3) is 5.91 Å². The number of primary amides is 1. The zero-order chi connectivity index (χ0) is 10.1. The van der Waals surface area contributed by atoms with E-state index in [2.05, 4.69) is 11.1 Å². The molecule has 2 N–H and O–H groups in total. The molecule has 1 amide bonds. The number of aliphatic imine (C=N–C) groups is 1. The molecular formula is C11H12N2O. The van der Waals surface area contributed by atoms with Gasteiger partial charge in [0.1, 0.15) is 5.71 Å². The SMILES string of the molecule is CC1C(C(N)=O)=NC=C2C=CC=CC21. The first-order chi connectivity index (χ1) is 6.70. The third-order valence-corrected chi connectivity index (χ3v) is 2.68. The molecule has 0 saturated heterocycles. The van der Waals surface area contributed by atoms with Gasteiger partial charge in [0.05, 0.1) is 0 Å². The molecule has 2 rings (SSSR count). The highest BCUT2D eigenvalue weighted by molar-refractivity contribution is 6.39. The molecule has 1 heterocycles. The largest absolute Gasteiger partial charge is 0.365 e. The molecule has 1 aliphatic carbocycles. The normalized spacial score (nSPS) is 29.2. The monoisotopic (exact) mass is 188 g/mol. The topological polar surface area (TPSA) is 55.5 Å². The highest BCUT2D eigenvalue weighted by Gasteiger charge is 2.28. The van der Waals surface area contributed by atoms with Crippen LogP contribution in [0, 0.1) is 11.8 Å². The number of rotatable bonds is 1. The van der Waals surface area contributed by atoms with Crippen molar-refractivity contribution < 1.29 is 4.79 Å². The lowest BCUT2D eigenvalue weighted by Gasteiger charge is -2.26. The fourth-order valence-corrected chi connectivity index (χ4v) is 1.88. The number of nitrogens with two attached hydrogens (primary N) is 1. The Hall–Kier alpha value is -1.64. The fourth-order valence-electron chi connectivity index (χ4n) is 1.88. The second-order valence-corrected chi connectivity index (χ2v) is 3.57. The van der Waals surface area contributed by atoms with Crippen LogP contribution in [0.25, 0.3) is 0 Å². The average Bonchev–Trinajstić information content (AvgIpc) is 2.18. The van der Waals surface area contributed by atoms with E-state index in [4.69, 9.17) is 5.73 Å². The van der Waals surface area contributed by atoms with Crippen LogP contribution in [-0.2, 0) is 4.79 Å². The first-order valence-electron chi connectivity index (χ1n) is 4.62. The summed E-state index contributed by atoms with van der Waals surface area (Å²) in [6.07, 6.45) is 9.78. The molecule has 0 aromatic carbocycles. The van der Waals surface area contributed by atoms with Gasteiger partial charge in [-0.25, -0.2) is 0 Å². The van der Waals surface area contributed by atoms with Crippen molar-refractivity contribution in [2.24, 2.45) is 22.6 Å². The smallest absolute Gasteiger partial charge is 0.263 e. The first-order valence-corrected chi connectivity index (χ1v) is 4.62. The number of hydrogen-bond acceptors (Lipinski definition) is 2. The summed E-state index contributed by atoms with van der Waals surface area (Å²) >= 11 is 0. The van der Waals surface area contributed by atoms with Gasteiger partial charge in [0, 0.05) is 18.0 Å². The minimum atomic E-state index is -0.421. The molecule has 1 aliphatic heterocycles. The highest BCUT2D eigenvalue weighted by atomic mass is 16.1. The Labute approximate surface area is 82.7 Å². The summed E-state index contributed by atoms with van der Waals surface area (Å²) in [5.74, 6) is -0.0931. The van der Waals surface area contributed by atoms with Crippen LogP contribution in [0.15, 0.2) is 41.1 Å². The van der Waals surface area contributed by atoms with E-state index >= 15 is 0 Å². The van der Waals surface area contributed by atoms with Crippen molar-refractivity contribution in [2.75, 3.05) is 0 Å². The minimum Gasteiger partial charge on any atom is -0.365 e. The van der Waals surface area contributed by atoms with Crippen molar-refractivity contribution in [1.82, 2.24) is 0 Å². The van der Waals surface area contributed by atoms with Gasteiger partial charge in [-0.3, -0.25) is 9.79 Å². The van der Waals surface area contributed by atoms with Gasteiger partial charge in [0.2, 0.25) is 0 Å². The molecule has 14 heavy (non-hydrogen) atoms. The van der Waals surface area contributed by atoms with Crippen molar-refractivity contribution in [3.8, 4) is 0 Å².